The summed E-state index contributed by atoms with van der Waals surface area (Å²) in [5.74, 6) is -1.20. The highest BCUT2D eigenvalue weighted by Crippen LogP contribution is 2.29. The zero-order valence-corrected chi connectivity index (χ0v) is 18.6. The Morgan fingerprint density at radius 1 is 1.12 bits per heavy atom. The predicted octanol–water partition coefficient (Wildman–Crippen LogP) is 3.01. The number of halogens is 1. The molecule has 0 saturated carbocycles. The summed E-state index contributed by atoms with van der Waals surface area (Å²) in [5.41, 5.74) is 2.68. The van der Waals surface area contributed by atoms with Gasteiger partial charge in [0.05, 0.1) is 6.54 Å². The molecule has 0 fully saturated rings. The van der Waals surface area contributed by atoms with Crippen molar-refractivity contribution in [1.29, 1.82) is 0 Å². The molecule has 3 rings (SSSR count). The van der Waals surface area contributed by atoms with Gasteiger partial charge in [-0.3, -0.25) is 19.7 Å². The van der Waals surface area contributed by atoms with Crippen molar-refractivity contribution in [2.24, 2.45) is 0 Å². The second kappa shape index (κ2) is 9.86. The highest BCUT2D eigenvalue weighted by Gasteiger charge is 2.37. The van der Waals surface area contributed by atoms with Gasteiger partial charge in [0.2, 0.25) is 5.91 Å². The molecule has 2 aromatic rings. The molecule has 176 valence electrons. The van der Waals surface area contributed by atoms with Gasteiger partial charge in [-0.2, -0.15) is 0 Å². The fraction of sp³-hybridized carbons (Fsp3) is 0.348. The SMILES string of the molecule is CC(C)(C)OC(=O)N1Cc2cc(OCC(=O)NO)ccc2C[C@H]1C(=O)Nc1ccc(F)cc1. The molecule has 0 saturated heterocycles. The molecular weight excluding hydrogens is 433 g/mol. The van der Waals surface area contributed by atoms with Crippen molar-refractivity contribution in [3.8, 4) is 5.75 Å². The lowest BCUT2D eigenvalue weighted by molar-refractivity contribution is -0.131. The van der Waals surface area contributed by atoms with Crippen LogP contribution in [0.4, 0.5) is 14.9 Å². The van der Waals surface area contributed by atoms with E-state index in [9.17, 15) is 18.8 Å². The molecule has 0 bridgehead atoms. The Labute approximate surface area is 190 Å². The van der Waals surface area contributed by atoms with Gasteiger partial charge in [0.25, 0.3) is 5.91 Å². The molecule has 0 aromatic heterocycles. The Morgan fingerprint density at radius 2 is 1.82 bits per heavy atom. The van der Waals surface area contributed by atoms with E-state index in [1.165, 1.54) is 34.6 Å². The molecule has 2 aromatic carbocycles. The van der Waals surface area contributed by atoms with E-state index < -0.39 is 35.4 Å². The van der Waals surface area contributed by atoms with Gasteiger partial charge in [-0.15, -0.1) is 0 Å². The van der Waals surface area contributed by atoms with Gasteiger partial charge >= 0.3 is 6.09 Å². The van der Waals surface area contributed by atoms with Crippen molar-refractivity contribution in [2.75, 3.05) is 11.9 Å². The number of nitrogens with one attached hydrogen (secondary N) is 2. The number of carbonyl (C=O) groups is 3. The lowest BCUT2D eigenvalue weighted by Crippen LogP contribution is -2.52. The van der Waals surface area contributed by atoms with Crippen LogP contribution >= 0.6 is 0 Å². The number of hydrogen-bond donors (Lipinski definition) is 3. The molecule has 1 heterocycles. The Balaban J connectivity index is 1.84. The number of anilines is 1. The van der Waals surface area contributed by atoms with Crippen molar-refractivity contribution in [2.45, 2.75) is 45.4 Å². The fourth-order valence-electron chi connectivity index (χ4n) is 3.34. The van der Waals surface area contributed by atoms with Crippen LogP contribution in [0, 0.1) is 5.82 Å². The normalized spacial score (nSPS) is 15.3. The number of ether oxygens (including phenoxy) is 2. The van der Waals surface area contributed by atoms with E-state index in [0.717, 1.165) is 11.1 Å². The molecule has 9 nitrogen and oxygen atoms in total. The van der Waals surface area contributed by atoms with Crippen LogP contribution in [0.2, 0.25) is 0 Å². The number of rotatable bonds is 5. The predicted molar refractivity (Wildman–Crippen MR) is 116 cm³/mol. The van der Waals surface area contributed by atoms with E-state index in [2.05, 4.69) is 5.32 Å². The number of amides is 3. The molecule has 33 heavy (non-hydrogen) atoms. The van der Waals surface area contributed by atoms with Crippen LogP contribution in [-0.2, 0) is 27.3 Å². The summed E-state index contributed by atoms with van der Waals surface area (Å²) in [6.45, 7) is 4.89. The number of nitrogens with zero attached hydrogens (tertiary/aromatic N) is 1. The number of benzene rings is 2. The summed E-state index contributed by atoms with van der Waals surface area (Å²) in [6.07, 6.45) is -0.433. The number of fused-ring (bicyclic) bond motifs is 1. The minimum absolute atomic E-state index is 0.0785. The van der Waals surface area contributed by atoms with Crippen molar-refractivity contribution in [3.63, 3.8) is 0 Å². The highest BCUT2D eigenvalue weighted by molar-refractivity contribution is 5.97. The van der Waals surface area contributed by atoms with Crippen LogP contribution in [0.15, 0.2) is 42.5 Å². The lowest BCUT2D eigenvalue weighted by Gasteiger charge is -2.37. The molecule has 3 amide bonds. The minimum atomic E-state index is -0.857. The van der Waals surface area contributed by atoms with Gasteiger partial charge in [-0.1, -0.05) is 6.07 Å². The molecule has 0 radical (unpaired) electrons. The van der Waals surface area contributed by atoms with Crippen LogP contribution < -0.4 is 15.5 Å². The first-order chi connectivity index (χ1) is 15.6. The first-order valence-corrected chi connectivity index (χ1v) is 10.3. The second-order valence-electron chi connectivity index (χ2n) is 8.58. The molecule has 0 unspecified atom stereocenters. The summed E-state index contributed by atoms with van der Waals surface area (Å²) in [6, 6.07) is 9.55. The van der Waals surface area contributed by atoms with Gasteiger partial charge < -0.3 is 14.8 Å². The monoisotopic (exact) mass is 459 g/mol. The largest absolute Gasteiger partial charge is 0.484 e. The maximum atomic E-state index is 13.2. The Hall–Kier alpha value is -3.66. The topological polar surface area (TPSA) is 117 Å². The Kier molecular flexibility index (Phi) is 7.17. The number of hydroxylamine groups is 1. The van der Waals surface area contributed by atoms with E-state index >= 15 is 0 Å². The quantitative estimate of drug-likeness (QED) is 0.468. The standard InChI is InChI=1S/C23H26FN3O6/c1-23(2,3)33-22(30)27-12-15-10-18(32-13-20(28)26-31)9-4-14(15)11-19(27)21(29)25-17-7-5-16(24)6-8-17/h4-10,19,31H,11-13H2,1-3H3,(H,25,29)(H,26,28)/t19-/m0/s1. The van der Waals surface area contributed by atoms with Crippen molar-refractivity contribution in [3.05, 3.63) is 59.4 Å². The summed E-state index contributed by atoms with van der Waals surface area (Å²) in [5, 5.41) is 11.3. The molecule has 1 aliphatic heterocycles. The van der Waals surface area contributed by atoms with Crippen LogP contribution in [0.5, 0.6) is 5.75 Å². The maximum absolute atomic E-state index is 13.2. The average molecular weight is 459 g/mol. The van der Waals surface area contributed by atoms with Gasteiger partial charge in [-0.05, 0) is 68.3 Å². The van der Waals surface area contributed by atoms with Gasteiger partial charge in [-0.25, -0.2) is 14.7 Å². The first kappa shape index (κ1) is 24.0. The van der Waals surface area contributed by atoms with E-state index in [4.69, 9.17) is 14.7 Å². The molecule has 3 N–H and O–H groups in total. The molecule has 0 aliphatic carbocycles. The second-order valence-corrected chi connectivity index (χ2v) is 8.58. The average Bonchev–Trinajstić information content (AvgIpc) is 2.76. The van der Waals surface area contributed by atoms with Crippen molar-refractivity contribution < 1.29 is 33.5 Å². The van der Waals surface area contributed by atoms with Gasteiger partial charge in [0, 0.05) is 12.1 Å². The Bertz CT molecular complexity index is 1040. The number of carbonyl (C=O) groups excluding carboxylic acids is 3. The minimum Gasteiger partial charge on any atom is -0.484 e. The zero-order valence-electron chi connectivity index (χ0n) is 18.6. The third-order valence-corrected chi connectivity index (χ3v) is 4.84. The van der Waals surface area contributed by atoms with Crippen LogP contribution in [0.25, 0.3) is 0 Å². The zero-order chi connectivity index (χ0) is 24.2. The highest BCUT2D eigenvalue weighted by atomic mass is 19.1. The van der Waals surface area contributed by atoms with E-state index in [0.29, 0.717) is 11.4 Å². The summed E-state index contributed by atoms with van der Waals surface area (Å²) < 4.78 is 24.0. The third kappa shape index (κ3) is 6.42. The smallest absolute Gasteiger partial charge is 0.411 e. The number of hydrogen-bond acceptors (Lipinski definition) is 6. The first-order valence-electron chi connectivity index (χ1n) is 10.3. The third-order valence-electron chi connectivity index (χ3n) is 4.84. The van der Waals surface area contributed by atoms with Crippen LogP contribution in [0.3, 0.4) is 0 Å². The van der Waals surface area contributed by atoms with E-state index in [1.54, 1.807) is 39.0 Å². The molecule has 1 aliphatic rings. The van der Waals surface area contributed by atoms with Gasteiger partial charge in [0.1, 0.15) is 23.2 Å². The fourth-order valence-corrected chi connectivity index (χ4v) is 3.34. The molecular formula is C23H26FN3O6. The molecule has 10 heteroatoms. The summed E-state index contributed by atoms with van der Waals surface area (Å²) >= 11 is 0. The van der Waals surface area contributed by atoms with Crippen molar-refractivity contribution in [1.82, 2.24) is 10.4 Å². The Morgan fingerprint density at radius 3 is 2.45 bits per heavy atom. The van der Waals surface area contributed by atoms with E-state index in [-0.39, 0.29) is 19.6 Å². The molecule has 0 spiro atoms. The summed E-state index contributed by atoms with van der Waals surface area (Å²) in [7, 11) is 0. The van der Waals surface area contributed by atoms with E-state index in [1.807, 2.05) is 0 Å². The maximum Gasteiger partial charge on any atom is 0.411 e. The van der Waals surface area contributed by atoms with Crippen molar-refractivity contribution >= 4 is 23.6 Å². The van der Waals surface area contributed by atoms with Crippen LogP contribution in [-0.4, -0.2) is 46.3 Å². The van der Waals surface area contributed by atoms with Gasteiger partial charge in [0.15, 0.2) is 6.61 Å². The lowest BCUT2D eigenvalue weighted by atomic mass is 9.93. The van der Waals surface area contributed by atoms with Crippen LogP contribution in [0.1, 0.15) is 31.9 Å². The molecule has 1 atom stereocenters. The summed E-state index contributed by atoms with van der Waals surface area (Å²) in [4.78, 5) is 38.6.